The summed E-state index contributed by atoms with van der Waals surface area (Å²) in [5.74, 6) is 1.79. The smallest absolute Gasteiger partial charge is 0.224 e. The van der Waals surface area contributed by atoms with E-state index in [0.717, 1.165) is 29.3 Å². The van der Waals surface area contributed by atoms with E-state index >= 15 is 0 Å². The zero-order valence-electron chi connectivity index (χ0n) is 9.99. The highest BCUT2D eigenvalue weighted by atomic mass is 79.9. The molecule has 0 aliphatic carbocycles. The lowest BCUT2D eigenvalue weighted by Gasteiger charge is -2.22. The molecule has 17 heavy (non-hydrogen) atoms. The number of aromatic nitrogens is 2. The fourth-order valence-corrected chi connectivity index (χ4v) is 2.92. The summed E-state index contributed by atoms with van der Waals surface area (Å²) in [5.41, 5.74) is 0. The summed E-state index contributed by atoms with van der Waals surface area (Å²) in [6, 6.07) is 0. The van der Waals surface area contributed by atoms with Gasteiger partial charge in [-0.3, -0.25) is 0 Å². The molecule has 5 heteroatoms. The molecule has 2 heterocycles. The van der Waals surface area contributed by atoms with Crippen LogP contribution in [-0.2, 0) is 0 Å². The molecule has 3 nitrogen and oxygen atoms in total. The maximum atomic E-state index is 5.86. The summed E-state index contributed by atoms with van der Waals surface area (Å²) >= 11 is 9.36. The van der Waals surface area contributed by atoms with Crippen LogP contribution >= 0.6 is 27.5 Å². The van der Waals surface area contributed by atoms with Crippen molar-refractivity contribution in [1.29, 1.82) is 0 Å². The van der Waals surface area contributed by atoms with E-state index in [9.17, 15) is 0 Å². The first-order valence-electron chi connectivity index (χ1n) is 6.13. The van der Waals surface area contributed by atoms with Crippen molar-refractivity contribution in [3.05, 3.63) is 16.0 Å². The standard InChI is InChI=1S/C12H17BrClN3/c1-2-9-4-3-6-17(7-5-9)11-10(13)8-15-12(14)16-11/h8-9H,2-7H2,1H3. The molecule has 1 aromatic rings. The van der Waals surface area contributed by atoms with Gasteiger partial charge in [0.1, 0.15) is 5.82 Å². The van der Waals surface area contributed by atoms with Gasteiger partial charge in [0.25, 0.3) is 0 Å². The molecule has 0 spiro atoms. The Hall–Kier alpha value is -0.350. The third kappa shape index (κ3) is 3.32. The van der Waals surface area contributed by atoms with Gasteiger partial charge in [-0.25, -0.2) is 4.98 Å². The van der Waals surface area contributed by atoms with E-state index in [2.05, 4.69) is 37.7 Å². The predicted molar refractivity (Wildman–Crippen MR) is 74.6 cm³/mol. The second-order valence-corrected chi connectivity index (χ2v) is 5.70. The Kier molecular flexibility index (Phi) is 4.62. The van der Waals surface area contributed by atoms with E-state index in [4.69, 9.17) is 11.6 Å². The van der Waals surface area contributed by atoms with Gasteiger partial charge >= 0.3 is 0 Å². The second kappa shape index (κ2) is 6.01. The summed E-state index contributed by atoms with van der Waals surface area (Å²) in [4.78, 5) is 10.6. The van der Waals surface area contributed by atoms with Gasteiger partial charge < -0.3 is 4.90 Å². The maximum absolute atomic E-state index is 5.86. The van der Waals surface area contributed by atoms with Crippen LogP contribution in [0.3, 0.4) is 0 Å². The van der Waals surface area contributed by atoms with Crippen LogP contribution in [-0.4, -0.2) is 23.1 Å². The number of anilines is 1. The van der Waals surface area contributed by atoms with Crippen LogP contribution in [0.5, 0.6) is 0 Å². The summed E-state index contributed by atoms with van der Waals surface area (Å²) in [5, 5.41) is 0.319. The number of nitrogens with zero attached hydrogens (tertiary/aromatic N) is 3. The Morgan fingerprint density at radius 1 is 1.47 bits per heavy atom. The fourth-order valence-electron chi connectivity index (χ4n) is 2.34. The maximum Gasteiger partial charge on any atom is 0.224 e. The Morgan fingerprint density at radius 3 is 3.06 bits per heavy atom. The number of halogens is 2. The Bertz CT molecular complexity index is 386. The van der Waals surface area contributed by atoms with E-state index in [-0.39, 0.29) is 0 Å². The van der Waals surface area contributed by atoms with Gasteiger partial charge in [-0.1, -0.05) is 13.3 Å². The molecule has 0 aromatic carbocycles. The van der Waals surface area contributed by atoms with E-state index in [1.54, 1.807) is 6.20 Å². The van der Waals surface area contributed by atoms with Gasteiger partial charge in [-0.2, -0.15) is 4.98 Å². The lowest BCUT2D eigenvalue weighted by atomic mass is 9.98. The molecular formula is C12H17BrClN3. The van der Waals surface area contributed by atoms with Crippen molar-refractivity contribution in [1.82, 2.24) is 9.97 Å². The first kappa shape index (κ1) is 13.1. The number of hydrogen-bond donors (Lipinski definition) is 0. The molecule has 1 aliphatic heterocycles. The SMILES string of the molecule is CCC1CCCN(c2nc(Cl)ncc2Br)CC1. The highest BCUT2D eigenvalue weighted by molar-refractivity contribution is 9.10. The van der Waals surface area contributed by atoms with Crippen LogP contribution < -0.4 is 4.90 Å². The van der Waals surface area contributed by atoms with E-state index in [1.165, 1.54) is 25.7 Å². The summed E-state index contributed by atoms with van der Waals surface area (Å²) in [7, 11) is 0. The minimum atomic E-state index is 0.319. The summed E-state index contributed by atoms with van der Waals surface area (Å²) in [6.07, 6.45) is 6.80. The zero-order valence-corrected chi connectivity index (χ0v) is 12.3. The summed E-state index contributed by atoms with van der Waals surface area (Å²) < 4.78 is 0.928. The third-order valence-electron chi connectivity index (χ3n) is 3.42. The van der Waals surface area contributed by atoms with Gasteiger partial charge in [0, 0.05) is 19.3 Å². The Balaban J connectivity index is 2.13. The summed E-state index contributed by atoms with van der Waals surface area (Å²) in [6.45, 7) is 4.39. The van der Waals surface area contributed by atoms with Crippen LogP contribution in [0.4, 0.5) is 5.82 Å². The minimum absolute atomic E-state index is 0.319. The Morgan fingerprint density at radius 2 is 2.29 bits per heavy atom. The first-order chi connectivity index (χ1) is 8.20. The predicted octanol–water partition coefficient (Wildman–Crippen LogP) is 3.91. The van der Waals surface area contributed by atoms with Gasteiger partial charge in [-0.05, 0) is 52.7 Å². The van der Waals surface area contributed by atoms with Crippen LogP contribution in [0.25, 0.3) is 0 Å². The largest absolute Gasteiger partial charge is 0.356 e. The molecule has 94 valence electrons. The molecule has 0 N–H and O–H groups in total. The topological polar surface area (TPSA) is 29.0 Å². The zero-order chi connectivity index (χ0) is 12.3. The molecule has 2 rings (SSSR count). The van der Waals surface area contributed by atoms with Crippen molar-refractivity contribution >= 4 is 33.3 Å². The molecule has 1 aromatic heterocycles. The van der Waals surface area contributed by atoms with Crippen molar-refractivity contribution in [3.63, 3.8) is 0 Å². The molecule has 0 bridgehead atoms. The lowest BCUT2D eigenvalue weighted by molar-refractivity contribution is 0.459. The molecule has 0 radical (unpaired) electrons. The normalized spacial score (nSPS) is 21.4. The van der Waals surface area contributed by atoms with Gasteiger partial charge in [0.15, 0.2) is 0 Å². The molecule has 1 atom stereocenters. The molecule has 1 aliphatic rings. The quantitative estimate of drug-likeness (QED) is 0.774. The van der Waals surface area contributed by atoms with Crippen molar-refractivity contribution in [2.75, 3.05) is 18.0 Å². The van der Waals surface area contributed by atoms with Crippen molar-refractivity contribution in [2.24, 2.45) is 5.92 Å². The van der Waals surface area contributed by atoms with Crippen molar-refractivity contribution < 1.29 is 0 Å². The van der Waals surface area contributed by atoms with E-state index in [0.29, 0.717) is 5.28 Å². The molecule has 0 amide bonds. The van der Waals surface area contributed by atoms with Gasteiger partial charge in [0.05, 0.1) is 4.47 Å². The second-order valence-electron chi connectivity index (χ2n) is 4.50. The third-order valence-corrected chi connectivity index (χ3v) is 4.16. The highest BCUT2D eigenvalue weighted by Crippen LogP contribution is 2.28. The molecule has 1 fully saturated rings. The monoisotopic (exact) mass is 317 g/mol. The average molecular weight is 319 g/mol. The van der Waals surface area contributed by atoms with Gasteiger partial charge in [0.2, 0.25) is 5.28 Å². The minimum Gasteiger partial charge on any atom is -0.356 e. The Labute approximate surface area is 116 Å². The molecular weight excluding hydrogens is 302 g/mol. The lowest BCUT2D eigenvalue weighted by Crippen LogP contribution is -2.25. The first-order valence-corrected chi connectivity index (χ1v) is 7.30. The average Bonchev–Trinajstić information content (AvgIpc) is 2.57. The van der Waals surface area contributed by atoms with Crippen LogP contribution in [0, 0.1) is 5.92 Å². The van der Waals surface area contributed by atoms with Crippen molar-refractivity contribution in [3.8, 4) is 0 Å². The van der Waals surface area contributed by atoms with Crippen LogP contribution in [0.2, 0.25) is 5.28 Å². The van der Waals surface area contributed by atoms with Gasteiger partial charge in [-0.15, -0.1) is 0 Å². The molecule has 0 saturated carbocycles. The van der Waals surface area contributed by atoms with Crippen LogP contribution in [0.15, 0.2) is 10.7 Å². The molecule has 1 saturated heterocycles. The fraction of sp³-hybridized carbons (Fsp3) is 0.667. The van der Waals surface area contributed by atoms with E-state index < -0.39 is 0 Å². The number of rotatable bonds is 2. The van der Waals surface area contributed by atoms with Crippen molar-refractivity contribution in [2.45, 2.75) is 32.6 Å². The highest BCUT2D eigenvalue weighted by Gasteiger charge is 2.18. The number of hydrogen-bond acceptors (Lipinski definition) is 3. The molecule has 1 unspecified atom stereocenters. The van der Waals surface area contributed by atoms with Crippen LogP contribution in [0.1, 0.15) is 32.6 Å². The van der Waals surface area contributed by atoms with E-state index in [1.807, 2.05) is 0 Å².